The first kappa shape index (κ1) is 15.6. The van der Waals surface area contributed by atoms with Crippen molar-refractivity contribution in [1.82, 2.24) is 24.9 Å². The summed E-state index contributed by atoms with van der Waals surface area (Å²) in [4.78, 5) is 2.69. The van der Waals surface area contributed by atoms with Crippen molar-refractivity contribution >= 4 is 5.82 Å². The lowest BCUT2D eigenvalue weighted by atomic mass is 10.0. The second-order valence-electron chi connectivity index (χ2n) is 7.07. The lowest BCUT2D eigenvalue weighted by molar-refractivity contribution is 0.159. The van der Waals surface area contributed by atoms with E-state index in [0.29, 0.717) is 6.04 Å². The Hall–Kier alpha value is -1.95. The lowest BCUT2D eigenvalue weighted by Gasteiger charge is -2.36. The Bertz CT molecular complexity index is 650. The molecule has 0 spiro atoms. The van der Waals surface area contributed by atoms with Crippen molar-refractivity contribution in [3.63, 3.8) is 0 Å². The quantitative estimate of drug-likeness (QED) is 0.936. The van der Waals surface area contributed by atoms with E-state index in [4.69, 9.17) is 0 Å². The molecule has 2 fully saturated rings. The molecule has 1 aliphatic carbocycles. The van der Waals surface area contributed by atoms with Crippen LogP contribution in [-0.4, -0.2) is 50.1 Å². The Labute approximate surface area is 143 Å². The van der Waals surface area contributed by atoms with E-state index < -0.39 is 0 Å². The van der Waals surface area contributed by atoms with Crippen LogP contribution in [0.25, 0.3) is 5.82 Å². The first-order valence-electron chi connectivity index (χ1n) is 9.15. The number of anilines is 1. The number of hydrogen-bond donors (Lipinski definition) is 1. The maximum atomic E-state index is 4.36. The van der Waals surface area contributed by atoms with Crippen LogP contribution in [0.2, 0.25) is 0 Å². The largest absolute Gasteiger partial charge is 0.366 e. The molecule has 2 aromatic heterocycles. The van der Waals surface area contributed by atoms with E-state index in [2.05, 4.69) is 25.5 Å². The first-order valence-corrected chi connectivity index (χ1v) is 9.15. The van der Waals surface area contributed by atoms with E-state index in [9.17, 15) is 0 Å². The van der Waals surface area contributed by atoms with Gasteiger partial charge in [0.05, 0.1) is 5.69 Å². The molecule has 1 aliphatic heterocycles. The van der Waals surface area contributed by atoms with Gasteiger partial charge in [-0.15, -0.1) is 10.2 Å². The molecule has 0 bridgehead atoms. The summed E-state index contributed by atoms with van der Waals surface area (Å²) in [5, 5.41) is 16.5. The monoisotopic (exact) mass is 326 g/mol. The smallest absolute Gasteiger partial charge is 0.175 e. The minimum Gasteiger partial charge on any atom is -0.366 e. The average Bonchev–Trinajstić information content (AvgIpc) is 3.28. The lowest BCUT2D eigenvalue weighted by Crippen LogP contribution is -2.43. The fourth-order valence-electron chi connectivity index (χ4n) is 3.95. The van der Waals surface area contributed by atoms with Gasteiger partial charge in [-0.1, -0.05) is 12.8 Å². The van der Waals surface area contributed by atoms with Gasteiger partial charge < -0.3 is 10.2 Å². The fourth-order valence-corrected chi connectivity index (χ4v) is 3.95. The number of nitrogens with zero attached hydrogens (tertiary/aromatic N) is 5. The van der Waals surface area contributed by atoms with Crippen LogP contribution in [0.5, 0.6) is 0 Å². The molecule has 4 rings (SSSR count). The second kappa shape index (κ2) is 6.89. The van der Waals surface area contributed by atoms with Gasteiger partial charge in [0, 0.05) is 31.4 Å². The third-order valence-corrected chi connectivity index (χ3v) is 5.33. The Morgan fingerprint density at radius 2 is 1.79 bits per heavy atom. The predicted octanol–water partition coefficient (Wildman–Crippen LogP) is 2.79. The standard InChI is InChI=1S/C18H26N6/c1-14-8-13-24(22-14)18-7-6-17(20-21-18)19-15-9-11-23(12-10-15)16-4-2-3-5-16/h6-8,13,15-16H,2-5,9-12H2,1H3,(H,19,20). The molecule has 0 unspecified atom stereocenters. The number of aryl methyl sites for hydroxylation is 1. The molecule has 6 heteroatoms. The molecule has 2 aliphatic rings. The van der Waals surface area contributed by atoms with Crippen LogP contribution in [0.15, 0.2) is 24.4 Å². The highest BCUT2D eigenvalue weighted by Gasteiger charge is 2.27. The molecule has 0 amide bonds. The van der Waals surface area contributed by atoms with Gasteiger partial charge in [-0.2, -0.15) is 5.10 Å². The van der Waals surface area contributed by atoms with Gasteiger partial charge in [0.2, 0.25) is 0 Å². The zero-order chi connectivity index (χ0) is 16.4. The average molecular weight is 326 g/mol. The summed E-state index contributed by atoms with van der Waals surface area (Å²) >= 11 is 0. The topological polar surface area (TPSA) is 58.9 Å². The van der Waals surface area contributed by atoms with Crippen molar-refractivity contribution in [1.29, 1.82) is 0 Å². The highest BCUT2D eigenvalue weighted by molar-refractivity contribution is 5.37. The first-order chi connectivity index (χ1) is 11.8. The van der Waals surface area contributed by atoms with E-state index in [0.717, 1.165) is 23.4 Å². The van der Waals surface area contributed by atoms with Crippen LogP contribution in [0, 0.1) is 6.92 Å². The number of rotatable bonds is 4. The van der Waals surface area contributed by atoms with Crippen LogP contribution in [-0.2, 0) is 0 Å². The summed E-state index contributed by atoms with van der Waals surface area (Å²) in [5.41, 5.74) is 0.980. The molecule has 3 heterocycles. The Morgan fingerprint density at radius 1 is 1.00 bits per heavy atom. The molecule has 1 saturated heterocycles. The molecule has 0 aromatic carbocycles. The highest BCUT2D eigenvalue weighted by atomic mass is 15.3. The second-order valence-corrected chi connectivity index (χ2v) is 7.07. The van der Waals surface area contributed by atoms with E-state index >= 15 is 0 Å². The van der Waals surface area contributed by atoms with Crippen molar-refractivity contribution < 1.29 is 0 Å². The number of hydrogen-bond acceptors (Lipinski definition) is 5. The predicted molar refractivity (Wildman–Crippen MR) is 94.4 cm³/mol. The van der Waals surface area contributed by atoms with Crippen molar-refractivity contribution in [2.24, 2.45) is 0 Å². The van der Waals surface area contributed by atoms with Crippen molar-refractivity contribution in [3.8, 4) is 5.82 Å². The van der Waals surface area contributed by atoms with E-state index in [1.54, 1.807) is 4.68 Å². The zero-order valence-electron chi connectivity index (χ0n) is 14.4. The summed E-state index contributed by atoms with van der Waals surface area (Å²) in [6.45, 7) is 4.39. The van der Waals surface area contributed by atoms with E-state index in [1.807, 2.05) is 31.3 Å². The van der Waals surface area contributed by atoms with Crippen LogP contribution in [0.3, 0.4) is 0 Å². The Morgan fingerprint density at radius 3 is 2.42 bits per heavy atom. The third kappa shape index (κ3) is 3.43. The molecule has 2 aromatic rings. The van der Waals surface area contributed by atoms with Gasteiger partial charge in [-0.3, -0.25) is 0 Å². The number of likely N-dealkylation sites (tertiary alicyclic amines) is 1. The molecule has 6 nitrogen and oxygen atoms in total. The van der Waals surface area contributed by atoms with E-state index in [-0.39, 0.29) is 0 Å². The molecule has 0 atom stereocenters. The van der Waals surface area contributed by atoms with Crippen LogP contribution in [0.4, 0.5) is 5.82 Å². The minimum atomic E-state index is 0.509. The fraction of sp³-hybridized carbons (Fsp3) is 0.611. The number of piperidine rings is 1. The van der Waals surface area contributed by atoms with Gasteiger partial charge in [0.25, 0.3) is 0 Å². The summed E-state index contributed by atoms with van der Waals surface area (Å²) < 4.78 is 1.76. The Kier molecular flexibility index (Phi) is 4.47. The number of aromatic nitrogens is 4. The Balaban J connectivity index is 1.31. The van der Waals surface area contributed by atoms with Crippen LogP contribution < -0.4 is 5.32 Å². The van der Waals surface area contributed by atoms with Gasteiger partial charge in [0.15, 0.2) is 5.82 Å². The molecule has 1 N–H and O–H groups in total. The molecular weight excluding hydrogens is 300 g/mol. The third-order valence-electron chi connectivity index (χ3n) is 5.33. The van der Waals surface area contributed by atoms with Crippen LogP contribution >= 0.6 is 0 Å². The summed E-state index contributed by atoms with van der Waals surface area (Å²) in [5.74, 6) is 1.62. The maximum Gasteiger partial charge on any atom is 0.175 e. The van der Waals surface area contributed by atoms with E-state index in [1.165, 1.54) is 51.6 Å². The summed E-state index contributed by atoms with van der Waals surface area (Å²) in [6, 6.07) is 7.29. The SMILES string of the molecule is Cc1ccn(-c2ccc(NC3CCN(C4CCCC4)CC3)nn2)n1. The van der Waals surface area contributed by atoms with Gasteiger partial charge in [0.1, 0.15) is 5.82 Å². The normalized spacial score (nSPS) is 20.5. The van der Waals surface area contributed by atoms with Gasteiger partial charge in [-0.25, -0.2) is 4.68 Å². The molecular formula is C18H26N6. The van der Waals surface area contributed by atoms with Gasteiger partial charge >= 0.3 is 0 Å². The van der Waals surface area contributed by atoms with Crippen molar-refractivity contribution in [3.05, 3.63) is 30.1 Å². The molecule has 0 radical (unpaired) electrons. The van der Waals surface area contributed by atoms with Crippen LogP contribution in [0.1, 0.15) is 44.2 Å². The van der Waals surface area contributed by atoms with Crippen molar-refractivity contribution in [2.75, 3.05) is 18.4 Å². The van der Waals surface area contributed by atoms with Gasteiger partial charge in [-0.05, 0) is 50.8 Å². The summed E-state index contributed by atoms with van der Waals surface area (Å²) in [6.07, 6.45) is 9.93. The molecule has 24 heavy (non-hydrogen) atoms. The minimum absolute atomic E-state index is 0.509. The molecule has 1 saturated carbocycles. The highest BCUT2D eigenvalue weighted by Crippen LogP contribution is 2.26. The maximum absolute atomic E-state index is 4.36. The molecule has 128 valence electrons. The summed E-state index contributed by atoms with van der Waals surface area (Å²) in [7, 11) is 0. The zero-order valence-corrected chi connectivity index (χ0v) is 14.4. The van der Waals surface area contributed by atoms with Crippen molar-refractivity contribution in [2.45, 2.75) is 57.5 Å². The number of nitrogens with one attached hydrogen (secondary N) is 1.